The number of ether oxygens (including phenoxy) is 1. The quantitative estimate of drug-likeness (QED) is 0.286. The predicted octanol–water partition coefficient (Wildman–Crippen LogP) is 0.786. The van der Waals surface area contributed by atoms with Gasteiger partial charge in [0.1, 0.15) is 0 Å². The first kappa shape index (κ1) is 15.7. The zero-order valence-electron chi connectivity index (χ0n) is 10.8. The molecular formula is C11H23N3O3. The Morgan fingerprint density at radius 1 is 1.59 bits per heavy atom. The van der Waals surface area contributed by atoms with Gasteiger partial charge in [-0.2, -0.15) is 0 Å². The topological polar surface area (TPSA) is 88.1 Å². The Labute approximate surface area is 102 Å². The van der Waals surface area contributed by atoms with Crippen molar-refractivity contribution in [3.8, 4) is 0 Å². The maximum atomic E-state index is 11.9. The van der Waals surface area contributed by atoms with E-state index in [1.807, 2.05) is 13.8 Å². The molecule has 100 valence electrons. The first-order valence-electron chi connectivity index (χ1n) is 5.82. The fourth-order valence-corrected chi connectivity index (χ4v) is 1.39. The molecule has 1 amide bonds. The van der Waals surface area contributed by atoms with Crippen molar-refractivity contribution < 1.29 is 14.7 Å². The Bertz CT molecular complexity index is 256. The highest BCUT2D eigenvalue weighted by Gasteiger charge is 2.15. The van der Waals surface area contributed by atoms with Crippen LogP contribution in [0.5, 0.6) is 0 Å². The molecule has 6 heteroatoms. The number of oxime groups is 1. The van der Waals surface area contributed by atoms with Crippen molar-refractivity contribution >= 4 is 11.7 Å². The summed E-state index contributed by atoms with van der Waals surface area (Å²) in [5.74, 6) is 0.0499. The Balaban J connectivity index is 4.24. The lowest BCUT2D eigenvalue weighted by atomic mass is 10.2. The van der Waals surface area contributed by atoms with Crippen LogP contribution in [0.1, 0.15) is 33.1 Å². The van der Waals surface area contributed by atoms with Crippen LogP contribution >= 0.6 is 0 Å². The average molecular weight is 245 g/mol. The highest BCUT2D eigenvalue weighted by molar-refractivity contribution is 5.86. The highest BCUT2D eigenvalue weighted by atomic mass is 16.5. The normalized spacial score (nSPS) is 13.5. The molecule has 0 spiro atoms. The minimum atomic E-state index is 0.00218. The lowest BCUT2D eigenvalue weighted by Crippen LogP contribution is -2.39. The maximum absolute atomic E-state index is 11.9. The maximum Gasteiger partial charge on any atom is 0.223 e. The molecule has 0 fully saturated rings. The number of hydrogen-bond acceptors (Lipinski definition) is 4. The third kappa shape index (κ3) is 6.78. The summed E-state index contributed by atoms with van der Waals surface area (Å²) >= 11 is 0. The number of hydrogen-bond donors (Lipinski definition) is 2. The van der Waals surface area contributed by atoms with Crippen molar-refractivity contribution in [2.24, 2.45) is 10.9 Å². The van der Waals surface area contributed by atoms with Gasteiger partial charge in [0.15, 0.2) is 5.84 Å². The van der Waals surface area contributed by atoms with Gasteiger partial charge in [0.25, 0.3) is 0 Å². The molecule has 0 aliphatic carbocycles. The van der Waals surface area contributed by atoms with E-state index in [2.05, 4.69) is 5.16 Å². The van der Waals surface area contributed by atoms with Crippen molar-refractivity contribution in [2.75, 3.05) is 20.2 Å². The molecule has 0 bridgehead atoms. The zero-order chi connectivity index (χ0) is 13.3. The van der Waals surface area contributed by atoms with Gasteiger partial charge >= 0.3 is 0 Å². The molecule has 3 N–H and O–H groups in total. The molecule has 17 heavy (non-hydrogen) atoms. The molecule has 6 nitrogen and oxygen atoms in total. The van der Waals surface area contributed by atoms with Crippen LogP contribution in [0.15, 0.2) is 5.16 Å². The van der Waals surface area contributed by atoms with Crippen LogP contribution in [-0.4, -0.2) is 48.2 Å². The van der Waals surface area contributed by atoms with E-state index in [1.54, 1.807) is 12.0 Å². The van der Waals surface area contributed by atoms with Gasteiger partial charge in [-0.15, -0.1) is 0 Å². The van der Waals surface area contributed by atoms with Crippen molar-refractivity contribution in [3.05, 3.63) is 0 Å². The summed E-state index contributed by atoms with van der Waals surface area (Å²) in [6, 6.07) is 0. The molecule has 0 saturated carbocycles. The lowest BCUT2D eigenvalue weighted by Gasteiger charge is -2.22. The molecule has 0 aromatic heterocycles. The van der Waals surface area contributed by atoms with E-state index in [0.717, 1.165) is 6.42 Å². The summed E-state index contributed by atoms with van der Waals surface area (Å²) in [4.78, 5) is 13.5. The van der Waals surface area contributed by atoms with Crippen LogP contribution in [0.4, 0.5) is 0 Å². The summed E-state index contributed by atoms with van der Waals surface area (Å²) in [6.07, 6.45) is 1.98. The molecule has 0 aliphatic rings. The van der Waals surface area contributed by atoms with Crippen molar-refractivity contribution in [3.63, 3.8) is 0 Å². The molecule has 0 aliphatic heterocycles. The van der Waals surface area contributed by atoms with Crippen molar-refractivity contribution in [2.45, 2.75) is 39.2 Å². The summed E-state index contributed by atoms with van der Waals surface area (Å²) in [6.45, 7) is 4.67. The predicted molar refractivity (Wildman–Crippen MR) is 66.0 cm³/mol. The molecule has 0 saturated heterocycles. The van der Waals surface area contributed by atoms with Gasteiger partial charge in [-0.3, -0.25) is 4.79 Å². The second kappa shape index (κ2) is 8.81. The van der Waals surface area contributed by atoms with E-state index in [1.165, 1.54) is 0 Å². The number of nitrogens with two attached hydrogens (primary N) is 1. The Hall–Kier alpha value is -1.30. The number of amides is 1. The first-order chi connectivity index (χ1) is 8.04. The standard InChI is InChI=1S/C11H23N3O3/c1-4-7-14(8-10(12)13-16)11(15)6-5-9(2)17-3/h9,16H,4-8H2,1-3H3,(H2,12,13). The van der Waals surface area contributed by atoms with Gasteiger partial charge in [-0.25, -0.2) is 0 Å². The van der Waals surface area contributed by atoms with Crippen molar-refractivity contribution in [1.29, 1.82) is 0 Å². The number of methoxy groups -OCH3 is 1. The zero-order valence-corrected chi connectivity index (χ0v) is 10.8. The molecule has 1 atom stereocenters. The van der Waals surface area contributed by atoms with Crippen LogP contribution in [0.25, 0.3) is 0 Å². The van der Waals surface area contributed by atoms with Gasteiger partial charge in [-0.05, 0) is 19.8 Å². The summed E-state index contributed by atoms with van der Waals surface area (Å²) in [7, 11) is 1.62. The molecule has 0 aromatic rings. The Kier molecular flexibility index (Phi) is 8.13. The van der Waals surface area contributed by atoms with Crippen LogP contribution < -0.4 is 5.73 Å². The average Bonchev–Trinajstić information content (AvgIpc) is 2.34. The summed E-state index contributed by atoms with van der Waals surface area (Å²) in [5.41, 5.74) is 5.41. The molecule has 1 unspecified atom stereocenters. The van der Waals surface area contributed by atoms with Gasteiger partial charge in [0.2, 0.25) is 5.91 Å². The number of carbonyl (C=O) groups excluding carboxylic acids is 1. The van der Waals surface area contributed by atoms with Gasteiger partial charge in [0, 0.05) is 20.1 Å². The van der Waals surface area contributed by atoms with Crippen LogP contribution in [0.3, 0.4) is 0 Å². The SMILES string of the molecule is CCCN(CC(N)=NO)C(=O)CCC(C)OC. The smallest absolute Gasteiger partial charge is 0.223 e. The second-order valence-electron chi connectivity index (χ2n) is 3.99. The third-order valence-electron chi connectivity index (χ3n) is 2.49. The van der Waals surface area contributed by atoms with Gasteiger partial charge < -0.3 is 20.6 Å². The second-order valence-corrected chi connectivity index (χ2v) is 3.99. The highest BCUT2D eigenvalue weighted by Crippen LogP contribution is 2.04. The Morgan fingerprint density at radius 3 is 2.71 bits per heavy atom. The number of amidine groups is 1. The molecule has 0 radical (unpaired) electrons. The van der Waals surface area contributed by atoms with Gasteiger partial charge in [-0.1, -0.05) is 12.1 Å². The van der Waals surface area contributed by atoms with Crippen LogP contribution in [0, 0.1) is 0 Å². The fraction of sp³-hybridized carbons (Fsp3) is 0.818. The van der Waals surface area contributed by atoms with Crippen molar-refractivity contribution in [1.82, 2.24) is 4.90 Å². The van der Waals surface area contributed by atoms with E-state index >= 15 is 0 Å². The molecule has 0 heterocycles. The summed E-state index contributed by atoms with van der Waals surface area (Å²) < 4.78 is 5.08. The number of carbonyl (C=O) groups is 1. The largest absolute Gasteiger partial charge is 0.409 e. The van der Waals surface area contributed by atoms with E-state index in [-0.39, 0.29) is 24.4 Å². The molecular weight excluding hydrogens is 222 g/mol. The van der Waals surface area contributed by atoms with E-state index < -0.39 is 0 Å². The number of nitrogens with zero attached hydrogens (tertiary/aromatic N) is 2. The third-order valence-corrected chi connectivity index (χ3v) is 2.49. The van der Waals surface area contributed by atoms with Crippen LogP contribution in [-0.2, 0) is 9.53 Å². The molecule has 0 rings (SSSR count). The summed E-state index contributed by atoms with van der Waals surface area (Å²) in [5, 5.41) is 11.4. The Morgan fingerprint density at radius 2 is 2.24 bits per heavy atom. The lowest BCUT2D eigenvalue weighted by molar-refractivity contribution is -0.131. The fourth-order valence-electron chi connectivity index (χ4n) is 1.39. The van der Waals surface area contributed by atoms with E-state index in [0.29, 0.717) is 19.4 Å². The van der Waals surface area contributed by atoms with E-state index in [9.17, 15) is 4.79 Å². The first-order valence-corrected chi connectivity index (χ1v) is 5.82. The molecule has 0 aromatic carbocycles. The monoisotopic (exact) mass is 245 g/mol. The van der Waals surface area contributed by atoms with Gasteiger partial charge in [0.05, 0.1) is 12.6 Å². The number of rotatable bonds is 8. The minimum absolute atomic E-state index is 0.00218. The van der Waals surface area contributed by atoms with Crippen LogP contribution in [0.2, 0.25) is 0 Å². The van der Waals surface area contributed by atoms with E-state index in [4.69, 9.17) is 15.7 Å². The minimum Gasteiger partial charge on any atom is -0.409 e.